The van der Waals surface area contributed by atoms with Crippen LogP contribution in [0.2, 0.25) is 0 Å². The lowest BCUT2D eigenvalue weighted by Crippen LogP contribution is -2.58. The summed E-state index contributed by atoms with van der Waals surface area (Å²) in [6, 6.07) is 0.884. The van der Waals surface area contributed by atoms with Crippen molar-refractivity contribution >= 4 is 0 Å². The van der Waals surface area contributed by atoms with E-state index in [2.05, 4.69) is 31.0 Å². The second-order valence-corrected chi connectivity index (χ2v) is 6.00. The summed E-state index contributed by atoms with van der Waals surface area (Å²) in [5.74, 6) is 0.928. The molecule has 2 heteroatoms. The Balaban J connectivity index is 1.76. The molecule has 2 rings (SSSR count). The van der Waals surface area contributed by atoms with E-state index < -0.39 is 0 Å². The van der Waals surface area contributed by atoms with E-state index in [-0.39, 0.29) is 0 Å². The average Bonchev–Trinajstić information content (AvgIpc) is 2.00. The van der Waals surface area contributed by atoms with Gasteiger partial charge in [0.25, 0.3) is 0 Å². The van der Waals surface area contributed by atoms with E-state index in [9.17, 15) is 0 Å². The van der Waals surface area contributed by atoms with Gasteiger partial charge in [-0.25, -0.2) is 0 Å². The molecule has 2 nitrogen and oxygen atoms in total. The van der Waals surface area contributed by atoms with Crippen LogP contribution in [0.5, 0.6) is 0 Å². The van der Waals surface area contributed by atoms with Gasteiger partial charge >= 0.3 is 0 Å². The number of likely N-dealkylation sites (tertiary alicyclic amines) is 1. The predicted octanol–water partition coefficient (Wildman–Crippen LogP) is 1.72. The van der Waals surface area contributed by atoms with Crippen molar-refractivity contribution in [2.24, 2.45) is 11.3 Å². The van der Waals surface area contributed by atoms with Crippen molar-refractivity contribution in [2.45, 2.75) is 39.7 Å². The third kappa shape index (κ3) is 2.12. The van der Waals surface area contributed by atoms with Crippen LogP contribution in [0.1, 0.15) is 33.6 Å². The number of hydrogen-bond donors (Lipinski definition) is 1. The molecule has 0 unspecified atom stereocenters. The first kappa shape index (κ1) is 10.4. The standard InChI is InChI=1S/C12H24N2/c1-12(2,3)10-8-14(9-10)11-4-6-13-7-5-11/h10-11,13H,4-9H2,1-3H3. The monoisotopic (exact) mass is 196 g/mol. The zero-order chi connectivity index (χ0) is 10.2. The maximum Gasteiger partial charge on any atom is 0.0120 e. The maximum atomic E-state index is 3.43. The van der Waals surface area contributed by atoms with E-state index in [1.165, 1.54) is 39.0 Å². The van der Waals surface area contributed by atoms with Crippen molar-refractivity contribution in [1.82, 2.24) is 10.2 Å². The van der Waals surface area contributed by atoms with E-state index in [1.807, 2.05) is 0 Å². The lowest BCUT2D eigenvalue weighted by atomic mass is 9.75. The lowest BCUT2D eigenvalue weighted by molar-refractivity contribution is -0.0154. The van der Waals surface area contributed by atoms with Gasteiger partial charge in [-0.2, -0.15) is 0 Å². The second kappa shape index (κ2) is 3.82. The smallest absolute Gasteiger partial charge is 0.0120 e. The minimum absolute atomic E-state index is 0.517. The van der Waals surface area contributed by atoms with Gasteiger partial charge in [-0.05, 0) is 37.3 Å². The van der Waals surface area contributed by atoms with Crippen LogP contribution in [-0.4, -0.2) is 37.1 Å². The first-order chi connectivity index (χ1) is 6.57. The third-order valence-corrected chi connectivity index (χ3v) is 3.96. The summed E-state index contributed by atoms with van der Waals surface area (Å²) in [5, 5.41) is 3.43. The predicted molar refractivity (Wildman–Crippen MR) is 60.4 cm³/mol. The van der Waals surface area contributed by atoms with Crippen LogP contribution in [0.25, 0.3) is 0 Å². The van der Waals surface area contributed by atoms with E-state index in [4.69, 9.17) is 0 Å². The highest BCUT2D eigenvalue weighted by Gasteiger charge is 2.38. The van der Waals surface area contributed by atoms with Gasteiger partial charge < -0.3 is 5.32 Å². The Hall–Kier alpha value is -0.0800. The molecule has 0 bridgehead atoms. The average molecular weight is 196 g/mol. The Morgan fingerprint density at radius 2 is 1.64 bits per heavy atom. The Morgan fingerprint density at radius 1 is 1.07 bits per heavy atom. The molecule has 2 heterocycles. The summed E-state index contributed by atoms with van der Waals surface area (Å²) >= 11 is 0. The summed E-state index contributed by atoms with van der Waals surface area (Å²) in [5.41, 5.74) is 0.517. The molecule has 0 spiro atoms. The van der Waals surface area contributed by atoms with Crippen LogP contribution in [0, 0.1) is 11.3 Å². The Bertz CT molecular complexity index is 183. The van der Waals surface area contributed by atoms with Crippen LogP contribution in [0.4, 0.5) is 0 Å². The molecule has 0 aromatic rings. The molecular formula is C12H24N2. The first-order valence-electron chi connectivity index (χ1n) is 6.02. The van der Waals surface area contributed by atoms with E-state index in [0.717, 1.165) is 12.0 Å². The quantitative estimate of drug-likeness (QED) is 0.687. The zero-order valence-electron chi connectivity index (χ0n) is 9.84. The van der Waals surface area contributed by atoms with Crippen molar-refractivity contribution in [3.05, 3.63) is 0 Å². The molecule has 2 aliphatic rings. The van der Waals surface area contributed by atoms with Gasteiger partial charge in [-0.1, -0.05) is 20.8 Å². The number of nitrogens with zero attached hydrogens (tertiary/aromatic N) is 1. The Morgan fingerprint density at radius 3 is 2.14 bits per heavy atom. The highest BCUT2D eigenvalue weighted by atomic mass is 15.2. The molecule has 0 radical (unpaired) electrons. The molecule has 0 atom stereocenters. The van der Waals surface area contributed by atoms with Crippen LogP contribution in [-0.2, 0) is 0 Å². The number of nitrogens with one attached hydrogen (secondary N) is 1. The van der Waals surface area contributed by atoms with Crippen LogP contribution >= 0.6 is 0 Å². The fourth-order valence-corrected chi connectivity index (χ4v) is 2.53. The molecule has 2 aliphatic heterocycles. The zero-order valence-corrected chi connectivity index (χ0v) is 9.84. The molecule has 0 aromatic heterocycles. The van der Waals surface area contributed by atoms with Gasteiger partial charge in [-0.3, -0.25) is 4.90 Å². The van der Waals surface area contributed by atoms with Crippen LogP contribution in [0.15, 0.2) is 0 Å². The molecule has 0 amide bonds. The van der Waals surface area contributed by atoms with Crippen molar-refractivity contribution < 1.29 is 0 Å². The van der Waals surface area contributed by atoms with E-state index >= 15 is 0 Å². The van der Waals surface area contributed by atoms with Crippen molar-refractivity contribution in [3.63, 3.8) is 0 Å². The van der Waals surface area contributed by atoms with Crippen molar-refractivity contribution in [1.29, 1.82) is 0 Å². The SMILES string of the molecule is CC(C)(C)C1CN(C2CCNCC2)C1. The highest BCUT2D eigenvalue weighted by Crippen LogP contribution is 2.35. The maximum absolute atomic E-state index is 3.43. The summed E-state index contributed by atoms with van der Waals surface area (Å²) in [7, 11) is 0. The minimum atomic E-state index is 0.517. The van der Waals surface area contributed by atoms with E-state index in [0.29, 0.717) is 5.41 Å². The molecule has 0 aliphatic carbocycles. The van der Waals surface area contributed by atoms with Gasteiger partial charge in [0.2, 0.25) is 0 Å². The van der Waals surface area contributed by atoms with Gasteiger partial charge in [0.1, 0.15) is 0 Å². The highest BCUT2D eigenvalue weighted by molar-refractivity contribution is 4.92. The molecule has 0 aromatic carbocycles. The van der Waals surface area contributed by atoms with Gasteiger partial charge in [0.15, 0.2) is 0 Å². The molecule has 1 N–H and O–H groups in total. The summed E-state index contributed by atoms with van der Waals surface area (Å²) in [4.78, 5) is 2.69. The van der Waals surface area contributed by atoms with Gasteiger partial charge in [0, 0.05) is 19.1 Å². The fraction of sp³-hybridized carbons (Fsp3) is 1.00. The molecule has 2 fully saturated rings. The minimum Gasteiger partial charge on any atom is -0.317 e. The third-order valence-electron chi connectivity index (χ3n) is 3.96. The molecule has 2 saturated heterocycles. The molecule has 82 valence electrons. The first-order valence-corrected chi connectivity index (χ1v) is 6.02. The van der Waals surface area contributed by atoms with Crippen LogP contribution < -0.4 is 5.32 Å². The molecular weight excluding hydrogens is 172 g/mol. The van der Waals surface area contributed by atoms with Crippen molar-refractivity contribution in [3.8, 4) is 0 Å². The summed E-state index contributed by atoms with van der Waals surface area (Å²) < 4.78 is 0. The largest absolute Gasteiger partial charge is 0.317 e. The topological polar surface area (TPSA) is 15.3 Å². The fourth-order valence-electron chi connectivity index (χ4n) is 2.53. The molecule has 0 saturated carbocycles. The van der Waals surface area contributed by atoms with Gasteiger partial charge in [-0.15, -0.1) is 0 Å². The number of hydrogen-bond acceptors (Lipinski definition) is 2. The molecule has 14 heavy (non-hydrogen) atoms. The normalized spacial score (nSPS) is 27.6. The number of rotatable bonds is 1. The Labute approximate surface area is 88.1 Å². The number of piperidine rings is 1. The van der Waals surface area contributed by atoms with Crippen molar-refractivity contribution in [2.75, 3.05) is 26.2 Å². The lowest BCUT2D eigenvalue weighted by Gasteiger charge is -2.50. The van der Waals surface area contributed by atoms with Crippen LogP contribution in [0.3, 0.4) is 0 Å². The van der Waals surface area contributed by atoms with Gasteiger partial charge in [0.05, 0.1) is 0 Å². The Kier molecular flexibility index (Phi) is 2.85. The summed E-state index contributed by atoms with van der Waals surface area (Å²) in [6.45, 7) is 12.2. The summed E-state index contributed by atoms with van der Waals surface area (Å²) in [6.07, 6.45) is 2.72. The van der Waals surface area contributed by atoms with E-state index in [1.54, 1.807) is 0 Å². The second-order valence-electron chi connectivity index (χ2n) is 6.00.